The van der Waals surface area contributed by atoms with E-state index in [1.54, 1.807) is 0 Å². The molecule has 3 aliphatic rings. The summed E-state index contributed by atoms with van der Waals surface area (Å²) < 4.78 is 0. The van der Waals surface area contributed by atoms with Gasteiger partial charge in [-0.05, 0) is 81.6 Å². The van der Waals surface area contributed by atoms with E-state index in [-0.39, 0.29) is 5.41 Å². The van der Waals surface area contributed by atoms with Crippen LogP contribution in [0.2, 0.25) is 0 Å². The molecule has 4 atom stereocenters. The van der Waals surface area contributed by atoms with Gasteiger partial charge in [0.25, 0.3) is 0 Å². The first-order valence-electron chi connectivity index (χ1n) is 11.2. The van der Waals surface area contributed by atoms with E-state index in [0.29, 0.717) is 35.7 Å². The van der Waals surface area contributed by atoms with Gasteiger partial charge in [-0.25, -0.2) is 0 Å². The number of aliphatic hydroxyl groups is 2. The maximum Gasteiger partial charge on any atom is 0.121 e. The number of allylic oxidation sites excluding steroid dienone is 6. The number of rotatable bonds is 2. The molecule has 3 rings (SSSR count). The summed E-state index contributed by atoms with van der Waals surface area (Å²) in [6, 6.07) is 0. The van der Waals surface area contributed by atoms with E-state index >= 15 is 0 Å². The summed E-state index contributed by atoms with van der Waals surface area (Å²) in [4.78, 5) is 0. The lowest BCUT2D eigenvalue weighted by molar-refractivity contribution is 0.0945. The number of nitrogens with two attached hydrogens (primary N) is 1. The normalized spacial score (nSPS) is 34.5. The Bertz CT molecular complexity index is 628. The van der Waals surface area contributed by atoms with Crippen molar-refractivity contribution >= 4 is 0 Å². The van der Waals surface area contributed by atoms with Gasteiger partial charge in [0.05, 0.1) is 5.76 Å². The van der Waals surface area contributed by atoms with Gasteiger partial charge in [-0.15, -0.1) is 0 Å². The Morgan fingerprint density at radius 1 is 1.36 bits per heavy atom. The molecule has 0 heterocycles. The number of hydrogen-bond donors (Lipinski definition) is 3. The van der Waals surface area contributed by atoms with Crippen molar-refractivity contribution in [3.8, 4) is 0 Å². The van der Waals surface area contributed by atoms with E-state index in [1.165, 1.54) is 31.9 Å². The summed E-state index contributed by atoms with van der Waals surface area (Å²) in [6.45, 7) is 14.3. The van der Waals surface area contributed by atoms with Gasteiger partial charge in [0.2, 0.25) is 0 Å². The molecular formula is C25H43NO2. The second kappa shape index (κ2) is 10.9. The van der Waals surface area contributed by atoms with E-state index in [0.717, 1.165) is 30.4 Å². The Morgan fingerprint density at radius 3 is 2.54 bits per heavy atom. The van der Waals surface area contributed by atoms with Gasteiger partial charge in [0, 0.05) is 17.4 Å². The summed E-state index contributed by atoms with van der Waals surface area (Å²) in [5.41, 5.74) is 7.50. The van der Waals surface area contributed by atoms with Crippen LogP contribution in [0.25, 0.3) is 0 Å². The van der Waals surface area contributed by atoms with Crippen LogP contribution in [0, 0.1) is 23.2 Å². The Hall–Kier alpha value is -1.48. The van der Waals surface area contributed by atoms with Gasteiger partial charge in [-0.3, -0.25) is 0 Å². The molecule has 2 saturated carbocycles. The van der Waals surface area contributed by atoms with Gasteiger partial charge in [-0.2, -0.15) is 0 Å². The van der Waals surface area contributed by atoms with Crippen molar-refractivity contribution < 1.29 is 10.2 Å². The zero-order valence-electron chi connectivity index (χ0n) is 19.0. The largest absolute Gasteiger partial charge is 0.513 e. The van der Waals surface area contributed by atoms with Crippen molar-refractivity contribution in [3.63, 3.8) is 0 Å². The number of hydrogen-bond acceptors (Lipinski definition) is 3. The lowest BCUT2D eigenvalue weighted by Gasteiger charge is -2.46. The SMILES string of the molecule is C=C(C)/C(O)=C1\C(=C/C)CC2CCC[C@]13CC(O)=CCC3C2CC.CC.CN. The van der Waals surface area contributed by atoms with E-state index < -0.39 is 0 Å². The highest BCUT2D eigenvalue weighted by atomic mass is 16.3. The fraction of sp³-hybridized carbons (Fsp3) is 0.680. The first-order chi connectivity index (χ1) is 13.4. The lowest BCUT2D eigenvalue weighted by Crippen LogP contribution is -2.39. The van der Waals surface area contributed by atoms with Crippen molar-refractivity contribution in [2.24, 2.45) is 28.9 Å². The zero-order chi connectivity index (χ0) is 21.5. The predicted molar refractivity (Wildman–Crippen MR) is 121 cm³/mol. The number of fused-ring (bicyclic) bond motifs is 1. The van der Waals surface area contributed by atoms with Crippen molar-refractivity contribution in [2.45, 2.75) is 79.6 Å². The average molecular weight is 390 g/mol. The van der Waals surface area contributed by atoms with Crippen LogP contribution >= 0.6 is 0 Å². The van der Waals surface area contributed by atoms with Gasteiger partial charge in [0.15, 0.2) is 0 Å². The van der Waals surface area contributed by atoms with E-state index in [1.807, 2.05) is 26.8 Å². The van der Waals surface area contributed by atoms with E-state index in [9.17, 15) is 10.2 Å². The fourth-order valence-electron chi connectivity index (χ4n) is 5.93. The molecule has 160 valence electrons. The first-order valence-corrected chi connectivity index (χ1v) is 11.2. The molecular weight excluding hydrogens is 346 g/mol. The third-order valence-electron chi connectivity index (χ3n) is 6.90. The van der Waals surface area contributed by atoms with Crippen LogP contribution in [-0.4, -0.2) is 17.3 Å². The maximum absolute atomic E-state index is 11.0. The number of aliphatic hydroxyl groups excluding tert-OH is 2. The van der Waals surface area contributed by atoms with Crippen LogP contribution < -0.4 is 5.73 Å². The van der Waals surface area contributed by atoms with Crippen LogP contribution in [0.4, 0.5) is 0 Å². The van der Waals surface area contributed by atoms with Crippen LogP contribution in [0.15, 0.2) is 47.0 Å². The summed E-state index contributed by atoms with van der Waals surface area (Å²) >= 11 is 0. The third-order valence-corrected chi connectivity index (χ3v) is 6.90. The molecule has 2 bridgehead atoms. The Balaban J connectivity index is 0.000000921. The predicted octanol–water partition coefficient (Wildman–Crippen LogP) is 6.99. The molecule has 4 N–H and O–H groups in total. The molecule has 3 nitrogen and oxygen atoms in total. The third kappa shape index (κ3) is 4.40. The first kappa shape index (κ1) is 24.6. The standard InChI is InChI=1S/C22H32O2.C2H6.CH5N/c1-5-15-12-16-8-7-11-22(20(15)21(24)14(3)4)13-17(23)9-10-19(22)18(16)6-2;2*1-2/h5,9,16,18-19,23-24H,3,6-8,10-13H2,1-2,4H3;1-2H3;2H2,1H3/b15-5-,21-20-;;/t16?,18?,19?,22-;;/m1../s1. The van der Waals surface area contributed by atoms with Gasteiger partial charge in [-0.1, -0.05) is 46.3 Å². The highest BCUT2D eigenvalue weighted by Gasteiger charge is 2.54. The molecule has 0 aliphatic heterocycles. The summed E-state index contributed by atoms with van der Waals surface area (Å²) in [7, 11) is 1.50. The molecule has 0 aromatic rings. The van der Waals surface area contributed by atoms with Crippen molar-refractivity contribution in [1.82, 2.24) is 0 Å². The monoisotopic (exact) mass is 389 g/mol. The summed E-state index contributed by atoms with van der Waals surface area (Å²) in [6.07, 6.45) is 11.6. The minimum Gasteiger partial charge on any atom is -0.513 e. The van der Waals surface area contributed by atoms with Crippen LogP contribution in [0.3, 0.4) is 0 Å². The quantitative estimate of drug-likeness (QED) is 0.446. The second-order valence-electron chi connectivity index (χ2n) is 8.12. The van der Waals surface area contributed by atoms with Crippen molar-refractivity contribution in [3.05, 3.63) is 47.0 Å². The molecule has 3 heteroatoms. The molecule has 0 spiro atoms. The summed E-state index contributed by atoms with van der Waals surface area (Å²) in [5, 5.41) is 21.4. The van der Waals surface area contributed by atoms with E-state index in [4.69, 9.17) is 0 Å². The van der Waals surface area contributed by atoms with Gasteiger partial charge >= 0.3 is 0 Å². The Labute approximate surface area is 173 Å². The molecule has 0 saturated heterocycles. The minimum absolute atomic E-state index is 0.129. The van der Waals surface area contributed by atoms with Crippen LogP contribution in [0.5, 0.6) is 0 Å². The Morgan fingerprint density at radius 2 is 2.00 bits per heavy atom. The molecule has 0 aromatic heterocycles. The fourth-order valence-corrected chi connectivity index (χ4v) is 5.93. The smallest absolute Gasteiger partial charge is 0.121 e. The highest BCUT2D eigenvalue weighted by molar-refractivity contribution is 5.47. The topological polar surface area (TPSA) is 66.5 Å². The molecule has 3 aliphatic carbocycles. The average Bonchev–Trinajstić information content (AvgIpc) is 2.92. The lowest BCUT2D eigenvalue weighted by atomic mass is 9.57. The van der Waals surface area contributed by atoms with Gasteiger partial charge < -0.3 is 15.9 Å². The van der Waals surface area contributed by atoms with Crippen molar-refractivity contribution in [1.29, 1.82) is 0 Å². The Kier molecular flexibility index (Phi) is 9.56. The van der Waals surface area contributed by atoms with E-state index in [2.05, 4.69) is 32.2 Å². The molecule has 0 radical (unpaired) electrons. The molecule has 3 unspecified atom stereocenters. The molecule has 2 fully saturated rings. The highest BCUT2D eigenvalue weighted by Crippen LogP contribution is 2.62. The van der Waals surface area contributed by atoms with Crippen LogP contribution in [-0.2, 0) is 0 Å². The van der Waals surface area contributed by atoms with Crippen molar-refractivity contribution in [2.75, 3.05) is 7.05 Å². The zero-order valence-corrected chi connectivity index (χ0v) is 19.0. The van der Waals surface area contributed by atoms with Gasteiger partial charge in [0.1, 0.15) is 5.76 Å². The second-order valence-corrected chi connectivity index (χ2v) is 8.12. The molecule has 0 aromatic carbocycles. The van der Waals surface area contributed by atoms with Crippen LogP contribution in [0.1, 0.15) is 79.6 Å². The molecule has 28 heavy (non-hydrogen) atoms. The maximum atomic E-state index is 11.0. The molecule has 0 amide bonds. The summed E-state index contributed by atoms with van der Waals surface area (Å²) in [5.74, 6) is 2.75. The minimum atomic E-state index is -0.129.